The van der Waals surface area contributed by atoms with Crippen molar-refractivity contribution >= 4 is 11.9 Å². The first-order chi connectivity index (χ1) is 16.4. The molecule has 0 amide bonds. The normalized spacial score (nSPS) is 10.6. The van der Waals surface area contributed by atoms with Crippen LogP contribution in [0.4, 0.5) is 0 Å². The first-order valence-corrected chi connectivity index (χ1v) is 11.4. The van der Waals surface area contributed by atoms with Crippen molar-refractivity contribution in [1.29, 1.82) is 0 Å². The van der Waals surface area contributed by atoms with Gasteiger partial charge in [-0.05, 0) is 56.0 Å². The molecule has 0 unspecified atom stereocenters. The lowest BCUT2D eigenvalue weighted by Gasteiger charge is -2.15. The fourth-order valence-corrected chi connectivity index (χ4v) is 3.77. The number of nitrogens with zero attached hydrogens (tertiary/aromatic N) is 1. The number of pyridine rings is 1. The maximum Gasteiger partial charge on any atom is 0.340 e. The van der Waals surface area contributed by atoms with Crippen LogP contribution in [0.15, 0.2) is 48.5 Å². The van der Waals surface area contributed by atoms with Gasteiger partial charge < -0.3 is 14.2 Å². The Bertz CT molecular complexity index is 1170. The first-order valence-electron chi connectivity index (χ1n) is 11.4. The number of aryl methyl sites for hydroxylation is 3. The molecule has 1 heterocycles. The van der Waals surface area contributed by atoms with Gasteiger partial charge in [0.05, 0.1) is 31.0 Å². The van der Waals surface area contributed by atoms with Gasteiger partial charge in [0.2, 0.25) is 0 Å². The molecule has 0 saturated carbocycles. The van der Waals surface area contributed by atoms with E-state index in [1.165, 1.54) is 14.2 Å². The third-order valence-corrected chi connectivity index (χ3v) is 5.67. The molecule has 0 aliphatic heterocycles. The average molecular weight is 462 g/mol. The summed E-state index contributed by atoms with van der Waals surface area (Å²) in [7, 11) is 2.82. The van der Waals surface area contributed by atoms with E-state index in [0.717, 1.165) is 41.6 Å². The lowest BCUT2D eigenvalue weighted by Crippen LogP contribution is -2.12. The number of carbonyl (C=O) groups excluding carboxylic acids is 2. The smallest absolute Gasteiger partial charge is 0.340 e. The summed E-state index contributed by atoms with van der Waals surface area (Å²) in [5.41, 5.74) is 5.97. The number of aromatic nitrogens is 1. The zero-order valence-corrected chi connectivity index (χ0v) is 20.4. The Balaban J connectivity index is 1.92. The van der Waals surface area contributed by atoms with Crippen molar-refractivity contribution < 1.29 is 23.8 Å². The summed E-state index contributed by atoms with van der Waals surface area (Å²) in [4.78, 5) is 29.8. The van der Waals surface area contributed by atoms with Crippen LogP contribution in [0.2, 0.25) is 0 Å². The molecule has 0 aliphatic carbocycles. The summed E-state index contributed by atoms with van der Waals surface area (Å²) >= 11 is 0. The lowest BCUT2D eigenvalue weighted by molar-refractivity contribution is 0.0468. The van der Waals surface area contributed by atoms with Crippen LogP contribution >= 0.6 is 0 Å². The fraction of sp³-hybridized carbons (Fsp3) is 0.321. The second kappa shape index (κ2) is 11.5. The summed E-state index contributed by atoms with van der Waals surface area (Å²) in [6, 6.07) is 15.0. The molecule has 3 rings (SSSR count). The van der Waals surface area contributed by atoms with Crippen molar-refractivity contribution in [2.24, 2.45) is 0 Å². The summed E-state index contributed by atoms with van der Waals surface area (Å²) < 4.78 is 15.8. The van der Waals surface area contributed by atoms with Gasteiger partial charge in [-0.15, -0.1) is 0 Å². The number of esters is 2. The van der Waals surface area contributed by atoms with Crippen LogP contribution in [0.1, 0.15) is 63.0 Å². The Morgan fingerprint density at radius 1 is 0.941 bits per heavy atom. The van der Waals surface area contributed by atoms with Gasteiger partial charge in [-0.1, -0.05) is 49.2 Å². The van der Waals surface area contributed by atoms with E-state index in [2.05, 4.69) is 11.9 Å². The van der Waals surface area contributed by atoms with Gasteiger partial charge in [-0.25, -0.2) is 9.59 Å². The minimum Gasteiger partial charge on any atom is -0.496 e. The maximum absolute atomic E-state index is 13.3. The van der Waals surface area contributed by atoms with Crippen molar-refractivity contribution in [3.63, 3.8) is 0 Å². The van der Waals surface area contributed by atoms with Crippen molar-refractivity contribution in [1.82, 2.24) is 4.98 Å². The minimum absolute atomic E-state index is 0.00613. The molecule has 0 atom stereocenters. The van der Waals surface area contributed by atoms with E-state index >= 15 is 0 Å². The van der Waals surface area contributed by atoms with Crippen LogP contribution in [0.5, 0.6) is 5.75 Å². The van der Waals surface area contributed by atoms with Gasteiger partial charge in [-0.2, -0.15) is 0 Å². The van der Waals surface area contributed by atoms with Gasteiger partial charge in [0.15, 0.2) is 0 Å². The van der Waals surface area contributed by atoms with Crippen molar-refractivity contribution in [3.8, 4) is 16.9 Å². The molecule has 178 valence electrons. The maximum atomic E-state index is 13.3. The molecule has 0 fully saturated rings. The van der Waals surface area contributed by atoms with Gasteiger partial charge in [0.1, 0.15) is 12.4 Å². The van der Waals surface area contributed by atoms with Gasteiger partial charge in [0, 0.05) is 11.3 Å². The fourth-order valence-electron chi connectivity index (χ4n) is 3.77. The average Bonchev–Trinajstić information content (AvgIpc) is 2.85. The molecule has 0 saturated heterocycles. The third-order valence-electron chi connectivity index (χ3n) is 5.67. The first kappa shape index (κ1) is 25.0. The number of hydrogen-bond acceptors (Lipinski definition) is 6. The number of ether oxygens (including phenoxy) is 3. The number of unbranched alkanes of at least 4 members (excludes halogenated alkanes) is 1. The molecule has 6 nitrogen and oxygen atoms in total. The second-order valence-corrected chi connectivity index (χ2v) is 8.19. The SMILES string of the molecule is CCCCc1cc(-c2ccc(C)cc2)c(C(=O)OCc2ccc(C(=O)OC)cc2OC)c(C)n1. The number of hydrogen-bond donors (Lipinski definition) is 0. The Kier molecular flexibility index (Phi) is 8.41. The van der Waals surface area contributed by atoms with Crippen molar-refractivity contribution in [2.75, 3.05) is 14.2 Å². The van der Waals surface area contributed by atoms with E-state index in [4.69, 9.17) is 14.2 Å². The number of methoxy groups -OCH3 is 2. The molecular formula is C28H31NO5. The van der Waals surface area contributed by atoms with Crippen LogP contribution in [-0.2, 0) is 22.5 Å². The molecule has 34 heavy (non-hydrogen) atoms. The monoisotopic (exact) mass is 461 g/mol. The second-order valence-electron chi connectivity index (χ2n) is 8.19. The number of benzene rings is 2. The Morgan fingerprint density at radius 3 is 2.32 bits per heavy atom. The topological polar surface area (TPSA) is 74.7 Å². The van der Waals surface area contributed by atoms with Gasteiger partial charge in [-0.3, -0.25) is 4.98 Å². The van der Waals surface area contributed by atoms with Crippen LogP contribution in [0.25, 0.3) is 11.1 Å². The molecule has 0 N–H and O–H groups in total. The molecule has 0 aliphatic rings. The van der Waals surface area contributed by atoms with E-state index in [9.17, 15) is 9.59 Å². The number of carbonyl (C=O) groups is 2. The molecule has 6 heteroatoms. The highest BCUT2D eigenvalue weighted by Gasteiger charge is 2.21. The van der Waals surface area contributed by atoms with E-state index < -0.39 is 11.9 Å². The standard InChI is InChI=1S/C28H31NO5/c1-6-7-8-23-16-24(20-11-9-18(2)10-12-20)26(19(3)29-23)28(31)34-17-22-14-13-21(27(30)33-5)15-25(22)32-4/h9-16H,6-8,17H2,1-5H3. The van der Waals surface area contributed by atoms with Crippen molar-refractivity contribution in [3.05, 3.63) is 82.2 Å². The molecule has 0 bridgehead atoms. The molecule has 1 aromatic heterocycles. The quantitative estimate of drug-likeness (QED) is 0.372. The molecule has 2 aromatic carbocycles. The summed E-state index contributed by atoms with van der Waals surface area (Å²) in [5, 5.41) is 0. The Labute approximate surface area is 200 Å². The Hall–Kier alpha value is -3.67. The van der Waals surface area contributed by atoms with Crippen LogP contribution in [0.3, 0.4) is 0 Å². The van der Waals surface area contributed by atoms with Crippen LogP contribution in [-0.4, -0.2) is 31.1 Å². The molecular weight excluding hydrogens is 430 g/mol. The van der Waals surface area contributed by atoms with Gasteiger partial charge in [0.25, 0.3) is 0 Å². The highest BCUT2D eigenvalue weighted by Crippen LogP contribution is 2.29. The Morgan fingerprint density at radius 2 is 1.68 bits per heavy atom. The molecule has 3 aromatic rings. The molecule has 0 spiro atoms. The van der Waals surface area contributed by atoms with Crippen LogP contribution in [0, 0.1) is 13.8 Å². The van der Waals surface area contributed by atoms with E-state index in [1.807, 2.05) is 44.2 Å². The third kappa shape index (κ3) is 5.81. The van der Waals surface area contributed by atoms with Crippen molar-refractivity contribution in [2.45, 2.75) is 46.6 Å². The minimum atomic E-state index is -0.463. The highest BCUT2D eigenvalue weighted by molar-refractivity contribution is 5.98. The predicted octanol–water partition coefficient (Wildman–Crippen LogP) is 5.86. The summed E-state index contributed by atoms with van der Waals surface area (Å²) in [6.07, 6.45) is 2.96. The zero-order chi connectivity index (χ0) is 24.7. The van der Waals surface area contributed by atoms with Crippen LogP contribution < -0.4 is 4.74 Å². The molecule has 0 radical (unpaired) electrons. The van der Waals surface area contributed by atoms with E-state index in [1.54, 1.807) is 18.2 Å². The predicted molar refractivity (Wildman–Crippen MR) is 131 cm³/mol. The lowest BCUT2D eigenvalue weighted by atomic mass is 9.96. The largest absolute Gasteiger partial charge is 0.496 e. The highest BCUT2D eigenvalue weighted by atomic mass is 16.5. The van der Waals surface area contributed by atoms with E-state index in [-0.39, 0.29) is 6.61 Å². The summed E-state index contributed by atoms with van der Waals surface area (Å²) in [5.74, 6) is -0.477. The zero-order valence-electron chi connectivity index (χ0n) is 20.4. The summed E-state index contributed by atoms with van der Waals surface area (Å²) in [6.45, 7) is 6.01. The van der Waals surface area contributed by atoms with E-state index in [0.29, 0.717) is 28.1 Å². The number of rotatable bonds is 9. The van der Waals surface area contributed by atoms with Gasteiger partial charge >= 0.3 is 11.9 Å².